The molecule has 0 spiro atoms. The second-order valence-electron chi connectivity index (χ2n) is 8.01. The molecule has 0 aliphatic heterocycles. The number of fused-ring (bicyclic) bond motifs is 1. The van der Waals surface area contributed by atoms with Crippen LogP contribution in [0.1, 0.15) is 18.0 Å². The van der Waals surface area contributed by atoms with Gasteiger partial charge in [0.2, 0.25) is 0 Å². The molecular formula is C24H16F6N8O4S2. The van der Waals surface area contributed by atoms with E-state index in [-0.39, 0.29) is 12.5 Å². The topological polar surface area (TPSA) is 184 Å². The Morgan fingerprint density at radius 2 is 1.75 bits per heavy atom. The van der Waals surface area contributed by atoms with Crippen molar-refractivity contribution in [1.29, 1.82) is 5.26 Å². The van der Waals surface area contributed by atoms with Gasteiger partial charge in [-0.1, -0.05) is 11.8 Å². The number of aromatic amines is 1. The van der Waals surface area contributed by atoms with Crippen molar-refractivity contribution >= 4 is 46.1 Å². The molecule has 0 fully saturated rings. The third-order valence-corrected chi connectivity index (χ3v) is 6.89. The van der Waals surface area contributed by atoms with E-state index in [1.807, 2.05) is 29.9 Å². The number of nitrogens with zero attached hydrogens (tertiary/aromatic N) is 7. The lowest BCUT2D eigenvalue weighted by molar-refractivity contribution is -0.193. The molecule has 3 N–H and O–H groups in total. The number of nitriles is 1. The first-order valence-electron chi connectivity index (χ1n) is 11.5. The highest BCUT2D eigenvalue weighted by molar-refractivity contribution is 8.01. The molecule has 12 nitrogen and oxygen atoms in total. The number of pyridine rings is 1. The number of alkyl halides is 6. The zero-order valence-electron chi connectivity index (χ0n) is 21.5. The SMILES string of the molecule is N#CCC(c1cncc(Sc2nccs2)c1)n1cc(-c2ncnc3[nH]ccc23)cn1.O=C(O)C(F)(F)F.O=C(O)C(F)(F)F. The smallest absolute Gasteiger partial charge is 0.475 e. The van der Waals surface area contributed by atoms with Crippen molar-refractivity contribution < 1.29 is 46.1 Å². The van der Waals surface area contributed by atoms with Crippen LogP contribution >= 0.6 is 23.1 Å². The van der Waals surface area contributed by atoms with E-state index in [1.165, 1.54) is 6.33 Å². The first-order valence-corrected chi connectivity index (χ1v) is 13.2. The van der Waals surface area contributed by atoms with E-state index in [2.05, 4.69) is 36.1 Å². The fourth-order valence-corrected chi connectivity index (χ4v) is 4.85. The molecule has 1 atom stereocenters. The number of rotatable bonds is 6. The maximum Gasteiger partial charge on any atom is 0.490 e. The minimum Gasteiger partial charge on any atom is -0.475 e. The number of hydrogen-bond donors (Lipinski definition) is 3. The summed E-state index contributed by atoms with van der Waals surface area (Å²) in [6, 6.07) is 6.00. The van der Waals surface area contributed by atoms with Gasteiger partial charge in [0, 0.05) is 52.2 Å². The van der Waals surface area contributed by atoms with Crippen LogP contribution in [0.2, 0.25) is 0 Å². The van der Waals surface area contributed by atoms with E-state index >= 15 is 0 Å². The third kappa shape index (κ3) is 9.23. The lowest BCUT2D eigenvalue weighted by Crippen LogP contribution is -2.21. The molecule has 0 bridgehead atoms. The maximum atomic E-state index is 10.6. The van der Waals surface area contributed by atoms with Crippen molar-refractivity contribution in [3.63, 3.8) is 0 Å². The third-order valence-electron chi connectivity index (χ3n) is 5.05. The number of halogens is 6. The Balaban J connectivity index is 0.000000317. The zero-order chi connectivity index (χ0) is 32.5. The summed E-state index contributed by atoms with van der Waals surface area (Å²) in [5.41, 5.74) is 3.36. The Kier molecular flexibility index (Phi) is 11.0. The molecule has 0 amide bonds. The zero-order valence-corrected chi connectivity index (χ0v) is 23.1. The maximum absolute atomic E-state index is 10.6. The molecule has 5 aromatic rings. The number of aromatic nitrogens is 7. The molecule has 5 aromatic heterocycles. The second-order valence-corrected chi connectivity index (χ2v) is 10.2. The van der Waals surface area contributed by atoms with Crippen molar-refractivity contribution in [3.05, 3.63) is 66.6 Å². The van der Waals surface area contributed by atoms with E-state index in [4.69, 9.17) is 19.8 Å². The average Bonchev–Trinajstić information content (AvgIpc) is 3.74. The molecule has 0 aliphatic rings. The molecule has 0 radical (unpaired) electrons. The number of H-pyrrole nitrogens is 1. The van der Waals surface area contributed by atoms with E-state index in [0.29, 0.717) is 0 Å². The van der Waals surface area contributed by atoms with Gasteiger partial charge in [-0.05, 0) is 17.7 Å². The Hall–Kier alpha value is -5.03. The van der Waals surface area contributed by atoms with Gasteiger partial charge in [-0.2, -0.15) is 36.7 Å². The Labute approximate surface area is 250 Å². The van der Waals surface area contributed by atoms with E-state index in [1.54, 1.807) is 52.6 Å². The number of carboxylic acid groups (broad SMARTS) is 2. The number of thiazole rings is 1. The van der Waals surface area contributed by atoms with Gasteiger partial charge >= 0.3 is 24.3 Å². The minimum atomic E-state index is -5.08. The summed E-state index contributed by atoms with van der Waals surface area (Å²) in [5.74, 6) is -5.51. The fourth-order valence-electron chi connectivity index (χ4n) is 3.22. The number of aliphatic carboxylic acids is 2. The standard InChI is InChI=1S/C20H14N8S2.2C2HF3O2/c21-3-1-17(13-7-15(10-22-8-13)30-20-24-5-6-29-20)28-11-14(9-27-28)18-16-2-4-23-19(16)26-12-25-18;2*3-2(4,5)1(6)7/h2,4-12,17H,1H2,(H,23,25,26);2*(H,6,7). The molecule has 0 saturated carbocycles. The quantitative estimate of drug-likeness (QED) is 0.193. The van der Waals surface area contributed by atoms with Crippen molar-refractivity contribution in [1.82, 2.24) is 34.7 Å². The molecule has 0 aromatic carbocycles. The van der Waals surface area contributed by atoms with Crippen LogP contribution in [0.15, 0.2) is 70.3 Å². The first-order chi connectivity index (χ1) is 20.7. The van der Waals surface area contributed by atoms with Crippen molar-refractivity contribution in [2.45, 2.75) is 34.1 Å². The molecule has 20 heteroatoms. The van der Waals surface area contributed by atoms with Crippen LogP contribution in [0.3, 0.4) is 0 Å². The van der Waals surface area contributed by atoms with Gasteiger partial charge in [0.25, 0.3) is 0 Å². The molecule has 5 rings (SSSR count). The lowest BCUT2D eigenvalue weighted by Gasteiger charge is -2.15. The molecule has 0 aliphatic carbocycles. The summed E-state index contributed by atoms with van der Waals surface area (Å²) >= 11 is 3.14. The Morgan fingerprint density at radius 3 is 2.34 bits per heavy atom. The Bertz CT molecular complexity index is 1730. The Morgan fingerprint density at radius 1 is 1.07 bits per heavy atom. The van der Waals surface area contributed by atoms with Crippen molar-refractivity contribution in [3.8, 4) is 17.3 Å². The molecule has 44 heavy (non-hydrogen) atoms. The molecule has 230 valence electrons. The van der Waals surface area contributed by atoms with E-state index in [0.717, 1.165) is 37.1 Å². The summed E-state index contributed by atoms with van der Waals surface area (Å²) in [4.78, 5) is 39.2. The predicted octanol–water partition coefficient (Wildman–Crippen LogP) is 5.59. The number of hydrogen-bond acceptors (Lipinski definition) is 10. The predicted molar refractivity (Wildman–Crippen MR) is 141 cm³/mol. The van der Waals surface area contributed by atoms with Crippen LogP contribution in [0.4, 0.5) is 26.3 Å². The van der Waals surface area contributed by atoms with Gasteiger partial charge in [-0.3, -0.25) is 9.67 Å². The van der Waals surface area contributed by atoms with Crippen LogP contribution in [-0.2, 0) is 9.59 Å². The summed E-state index contributed by atoms with van der Waals surface area (Å²) in [6.45, 7) is 0. The van der Waals surface area contributed by atoms with E-state index in [9.17, 15) is 31.6 Å². The lowest BCUT2D eigenvalue weighted by atomic mass is 10.1. The summed E-state index contributed by atoms with van der Waals surface area (Å²) < 4.78 is 66.2. The fraction of sp³-hybridized carbons (Fsp3) is 0.167. The van der Waals surface area contributed by atoms with Gasteiger partial charge in [0.05, 0.1) is 30.4 Å². The highest BCUT2D eigenvalue weighted by Crippen LogP contribution is 2.32. The first kappa shape index (κ1) is 33.5. The molecular weight excluding hydrogens is 642 g/mol. The van der Waals surface area contributed by atoms with Gasteiger partial charge < -0.3 is 15.2 Å². The van der Waals surface area contributed by atoms with Gasteiger partial charge in [0.1, 0.15) is 12.0 Å². The molecule has 0 saturated heterocycles. The van der Waals surface area contributed by atoms with Crippen LogP contribution in [0, 0.1) is 11.3 Å². The van der Waals surface area contributed by atoms with E-state index < -0.39 is 24.3 Å². The van der Waals surface area contributed by atoms with Crippen LogP contribution in [-0.4, -0.2) is 69.2 Å². The highest BCUT2D eigenvalue weighted by atomic mass is 32.2. The number of carboxylic acids is 2. The molecule has 5 heterocycles. The van der Waals surface area contributed by atoms with Gasteiger partial charge in [-0.25, -0.2) is 24.5 Å². The average molecular weight is 659 g/mol. The van der Waals surface area contributed by atoms with Crippen LogP contribution in [0.5, 0.6) is 0 Å². The van der Waals surface area contributed by atoms with Gasteiger partial charge in [0.15, 0.2) is 4.34 Å². The minimum absolute atomic E-state index is 0.253. The summed E-state index contributed by atoms with van der Waals surface area (Å²) in [7, 11) is 0. The van der Waals surface area contributed by atoms with Crippen LogP contribution in [0.25, 0.3) is 22.3 Å². The van der Waals surface area contributed by atoms with Crippen molar-refractivity contribution in [2.24, 2.45) is 0 Å². The monoisotopic (exact) mass is 658 g/mol. The van der Waals surface area contributed by atoms with Crippen molar-refractivity contribution in [2.75, 3.05) is 0 Å². The van der Waals surface area contributed by atoms with Crippen LogP contribution < -0.4 is 0 Å². The van der Waals surface area contributed by atoms with Gasteiger partial charge in [-0.15, -0.1) is 11.3 Å². The number of nitrogens with one attached hydrogen (secondary N) is 1. The molecule has 1 unspecified atom stereocenters. The normalized spacial score (nSPS) is 11.8. The summed E-state index contributed by atoms with van der Waals surface area (Å²) in [6.07, 6.45) is 2.52. The highest BCUT2D eigenvalue weighted by Gasteiger charge is 2.38. The second kappa shape index (κ2) is 14.4. The largest absolute Gasteiger partial charge is 0.490 e. The number of carbonyl (C=O) groups is 2. The summed E-state index contributed by atoms with van der Waals surface area (Å²) in [5, 5.41) is 31.1.